The lowest BCUT2D eigenvalue weighted by molar-refractivity contribution is -0.120. The Balaban J connectivity index is 1.28. The quantitative estimate of drug-likeness (QED) is 0.611. The summed E-state index contributed by atoms with van der Waals surface area (Å²) in [5.41, 5.74) is 1.23. The lowest BCUT2D eigenvalue weighted by atomic mass is 9.98. The number of nitrogens with one attached hydrogen (secondary N) is 1. The molecule has 2 aromatic carbocycles. The summed E-state index contributed by atoms with van der Waals surface area (Å²) < 4.78 is 39.7. The largest absolute Gasteiger partial charge is 0.454 e. The van der Waals surface area contributed by atoms with E-state index in [0.29, 0.717) is 42.3 Å². The van der Waals surface area contributed by atoms with Gasteiger partial charge in [0.05, 0.1) is 16.5 Å². The predicted octanol–water partition coefficient (Wildman–Crippen LogP) is 1.43. The molecule has 3 heterocycles. The van der Waals surface area contributed by atoms with Gasteiger partial charge in [0.1, 0.15) is 6.33 Å². The summed E-state index contributed by atoms with van der Waals surface area (Å²) >= 11 is 0. The highest BCUT2D eigenvalue weighted by atomic mass is 32.2. The number of benzene rings is 2. The Kier molecular flexibility index (Phi) is 5.23. The van der Waals surface area contributed by atoms with Crippen LogP contribution in [0, 0.1) is 5.92 Å². The SMILES string of the molecule is O=C(Nc1ccc2c(c1)OCO2)[C@@H]1CCCN(S(=O)(=O)c2ccc(-n3cnnn3)cc2)C1. The molecule has 1 aromatic heterocycles. The molecule has 1 atom stereocenters. The number of aromatic nitrogens is 4. The Labute approximate surface area is 184 Å². The van der Waals surface area contributed by atoms with Crippen molar-refractivity contribution in [2.75, 3.05) is 25.2 Å². The number of hydrogen-bond acceptors (Lipinski definition) is 8. The van der Waals surface area contributed by atoms with E-state index in [1.54, 1.807) is 30.3 Å². The first-order chi connectivity index (χ1) is 15.5. The van der Waals surface area contributed by atoms with Crippen LogP contribution in [-0.2, 0) is 14.8 Å². The number of anilines is 1. The minimum atomic E-state index is -3.74. The van der Waals surface area contributed by atoms with Gasteiger partial charge in [0.15, 0.2) is 11.5 Å². The van der Waals surface area contributed by atoms with Crippen molar-refractivity contribution in [2.45, 2.75) is 17.7 Å². The first-order valence-corrected chi connectivity index (χ1v) is 11.5. The molecule has 0 unspecified atom stereocenters. The Morgan fingerprint density at radius 2 is 1.91 bits per heavy atom. The topological polar surface area (TPSA) is 129 Å². The number of carbonyl (C=O) groups is 1. The molecule has 0 aliphatic carbocycles. The normalized spacial score (nSPS) is 18.4. The molecule has 0 spiro atoms. The number of carbonyl (C=O) groups excluding carboxylic acids is 1. The lowest BCUT2D eigenvalue weighted by Gasteiger charge is -2.31. The van der Waals surface area contributed by atoms with Gasteiger partial charge in [0.2, 0.25) is 22.7 Å². The van der Waals surface area contributed by atoms with Crippen molar-refractivity contribution in [1.82, 2.24) is 24.5 Å². The van der Waals surface area contributed by atoms with Gasteiger partial charge in [-0.25, -0.2) is 13.1 Å². The molecule has 0 saturated carbocycles. The molecule has 32 heavy (non-hydrogen) atoms. The smallest absolute Gasteiger partial charge is 0.243 e. The maximum Gasteiger partial charge on any atom is 0.243 e. The van der Waals surface area contributed by atoms with Crippen molar-refractivity contribution in [1.29, 1.82) is 0 Å². The summed E-state index contributed by atoms with van der Waals surface area (Å²) in [4.78, 5) is 13.0. The molecule has 3 aromatic rings. The second-order valence-corrected chi connectivity index (χ2v) is 9.45. The summed E-state index contributed by atoms with van der Waals surface area (Å²) in [5, 5.41) is 13.8. The van der Waals surface area contributed by atoms with Crippen LogP contribution in [0.5, 0.6) is 11.5 Å². The number of rotatable bonds is 5. The van der Waals surface area contributed by atoms with E-state index in [9.17, 15) is 13.2 Å². The molecule has 166 valence electrons. The monoisotopic (exact) mass is 456 g/mol. The van der Waals surface area contributed by atoms with Crippen molar-refractivity contribution in [2.24, 2.45) is 5.92 Å². The van der Waals surface area contributed by atoms with Gasteiger partial charge in [-0.1, -0.05) is 0 Å². The number of amides is 1. The molecule has 0 bridgehead atoms. The van der Waals surface area contributed by atoms with Crippen LogP contribution in [0.2, 0.25) is 0 Å². The van der Waals surface area contributed by atoms with Gasteiger partial charge in [0.25, 0.3) is 0 Å². The molecule has 5 rings (SSSR count). The van der Waals surface area contributed by atoms with E-state index in [0.717, 1.165) is 0 Å². The van der Waals surface area contributed by atoms with Gasteiger partial charge in [-0.2, -0.15) is 4.31 Å². The Morgan fingerprint density at radius 1 is 1.09 bits per heavy atom. The molecule has 12 heteroatoms. The van der Waals surface area contributed by atoms with Crippen LogP contribution < -0.4 is 14.8 Å². The highest BCUT2D eigenvalue weighted by Gasteiger charge is 2.33. The van der Waals surface area contributed by atoms with Gasteiger partial charge in [-0.3, -0.25) is 4.79 Å². The minimum Gasteiger partial charge on any atom is -0.454 e. The first kappa shape index (κ1) is 20.4. The highest BCUT2D eigenvalue weighted by molar-refractivity contribution is 7.89. The number of nitrogens with zero attached hydrogens (tertiary/aromatic N) is 5. The van der Waals surface area contributed by atoms with Crippen LogP contribution in [0.15, 0.2) is 53.7 Å². The summed E-state index contributed by atoms with van der Waals surface area (Å²) in [5.74, 6) is 0.520. The van der Waals surface area contributed by atoms with E-state index in [-0.39, 0.29) is 24.1 Å². The van der Waals surface area contributed by atoms with E-state index in [4.69, 9.17) is 9.47 Å². The van der Waals surface area contributed by atoms with Crippen molar-refractivity contribution in [3.05, 3.63) is 48.8 Å². The number of tetrazole rings is 1. The van der Waals surface area contributed by atoms with Gasteiger partial charge >= 0.3 is 0 Å². The van der Waals surface area contributed by atoms with Crippen LogP contribution in [0.1, 0.15) is 12.8 Å². The third kappa shape index (κ3) is 3.89. The maximum absolute atomic E-state index is 13.2. The fourth-order valence-corrected chi connectivity index (χ4v) is 5.32. The van der Waals surface area contributed by atoms with Crippen LogP contribution in [0.25, 0.3) is 5.69 Å². The van der Waals surface area contributed by atoms with Gasteiger partial charge < -0.3 is 14.8 Å². The van der Waals surface area contributed by atoms with Crippen LogP contribution >= 0.6 is 0 Å². The molecule has 11 nitrogen and oxygen atoms in total. The van der Waals surface area contributed by atoms with Crippen LogP contribution in [-0.4, -0.2) is 58.7 Å². The van der Waals surface area contributed by atoms with Gasteiger partial charge in [-0.05, 0) is 59.7 Å². The molecule has 1 amide bonds. The second-order valence-electron chi connectivity index (χ2n) is 7.51. The molecule has 2 aliphatic heterocycles. The number of ether oxygens (including phenoxy) is 2. The average Bonchev–Trinajstić information content (AvgIpc) is 3.51. The number of hydrogen-bond donors (Lipinski definition) is 1. The number of sulfonamides is 1. The Hall–Kier alpha value is -3.51. The van der Waals surface area contributed by atoms with Crippen molar-refractivity contribution in [3.63, 3.8) is 0 Å². The van der Waals surface area contributed by atoms with Crippen LogP contribution in [0.3, 0.4) is 0 Å². The second kappa shape index (κ2) is 8.20. The van der Waals surface area contributed by atoms with Crippen molar-refractivity contribution < 1.29 is 22.7 Å². The minimum absolute atomic E-state index is 0.119. The third-order valence-electron chi connectivity index (χ3n) is 5.48. The predicted molar refractivity (Wildman–Crippen MR) is 112 cm³/mol. The van der Waals surface area contributed by atoms with E-state index in [1.165, 1.54) is 27.4 Å². The Morgan fingerprint density at radius 3 is 2.69 bits per heavy atom. The summed E-state index contributed by atoms with van der Waals surface area (Å²) in [7, 11) is -3.74. The molecule has 1 N–H and O–H groups in total. The lowest BCUT2D eigenvalue weighted by Crippen LogP contribution is -2.43. The van der Waals surface area contributed by atoms with Crippen molar-refractivity contribution in [3.8, 4) is 17.2 Å². The molecule has 2 aliphatic rings. The summed E-state index contributed by atoms with van der Waals surface area (Å²) in [6.45, 7) is 0.636. The Bertz CT molecular complexity index is 1230. The summed E-state index contributed by atoms with van der Waals surface area (Å²) in [6.07, 6.45) is 2.64. The fourth-order valence-electron chi connectivity index (χ4n) is 3.79. The zero-order chi connectivity index (χ0) is 22.1. The van der Waals surface area contributed by atoms with Gasteiger partial charge in [-0.15, -0.1) is 5.10 Å². The molecule has 1 fully saturated rings. The summed E-state index contributed by atoms with van der Waals surface area (Å²) in [6, 6.07) is 11.5. The standard InChI is InChI=1S/C20H20N6O5S/c27-20(22-15-3-8-18-19(10-15)31-13-30-18)14-2-1-9-25(11-14)32(28,29)17-6-4-16(5-7-17)26-12-21-23-24-26/h3-8,10,12,14H,1-2,9,11,13H2,(H,22,27)/t14-/m1/s1. The highest BCUT2D eigenvalue weighted by Crippen LogP contribution is 2.34. The van der Waals surface area contributed by atoms with E-state index >= 15 is 0 Å². The zero-order valence-corrected chi connectivity index (χ0v) is 17.7. The number of fused-ring (bicyclic) bond motifs is 1. The number of piperidine rings is 1. The molecule has 0 radical (unpaired) electrons. The van der Waals surface area contributed by atoms with Gasteiger partial charge in [0, 0.05) is 24.8 Å². The van der Waals surface area contributed by atoms with E-state index < -0.39 is 15.9 Å². The van der Waals surface area contributed by atoms with Crippen molar-refractivity contribution >= 4 is 21.6 Å². The molecule has 1 saturated heterocycles. The maximum atomic E-state index is 13.2. The first-order valence-electron chi connectivity index (χ1n) is 10.0. The van der Waals surface area contributed by atoms with E-state index in [2.05, 4.69) is 20.8 Å². The van der Waals surface area contributed by atoms with E-state index in [1.807, 2.05) is 0 Å². The average molecular weight is 456 g/mol. The third-order valence-corrected chi connectivity index (χ3v) is 7.36. The fraction of sp³-hybridized carbons (Fsp3) is 0.300. The molecular weight excluding hydrogens is 436 g/mol. The molecular formula is C20H20N6O5S. The van der Waals surface area contributed by atoms with Crippen LogP contribution in [0.4, 0.5) is 5.69 Å². The zero-order valence-electron chi connectivity index (χ0n) is 16.9.